The van der Waals surface area contributed by atoms with E-state index in [1.807, 2.05) is 6.20 Å². The van der Waals surface area contributed by atoms with Crippen molar-refractivity contribution in [1.29, 1.82) is 0 Å². The van der Waals surface area contributed by atoms with Crippen LogP contribution in [0, 0.1) is 13.8 Å². The summed E-state index contributed by atoms with van der Waals surface area (Å²) >= 11 is 1.65. The van der Waals surface area contributed by atoms with Gasteiger partial charge in [-0.1, -0.05) is 41.1 Å². The van der Waals surface area contributed by atoms with E-state index in [0.717, 1.165) is 10.9 Å². The van der Waals surface area contributed by atoms with E-state index in [9.17, 15) is 4.79 Å². The lowest BCUT2D eigenvalue weighted by atomic mass is 10.1. The van der Waals surface area contributed by atoms with E-state index < -0.39 is 0 Å². The van der Waals surface area contributed by atoms with E-state index in [1.165, 1.54) is 29.5 Å². The third-order valence-corrected chi connectivity index (χ3v) is 4.43. The summed E-state index contributed by atoms with van der Waals surface area (Å²) in [6.07, 6.45) is 4.28. The molecule has 1 fully saturated rings. The average molecular weight is 286 g/mol. The highest BCUT2D eigenvalue weighted by Gasteiger charge is 2.25. The van der Waals surface area contributed by atoms with Gasteiger partial charge in [-0.25, -0.2) is 0 Å². The Balaban J connectivity index is 1.81. The molecule has 1 aromatic heterocycles. The maximum Gasteiger partial charge on any atom is 0.273 e. The van der Waals surface area contributed by atoms with E-state index in [2.05, 4.69) is 41.6 Å². The number of benzene rings is 1. The Bertz CT molecular complexity index is 669. The Morgan fingerprint density at radius 1 is 1.25 bits per heavy atom. The van der Waals surface area contributed by atoms with E-state index in [4.69, 9.17) is 0 Å². The van der Waals surface area contributed by atoms with Crippen LogP contribution in [0.15, 0.2) is 40.4 Å². The van der Waals surface area contributed by atoms with Crippen LogP contribution in [0.3, 0.4) is 0 Å². The van der Waals surface area contributed by atoms with Gasteiger partial charge in [0.15, 0.2) is 5.16 Å². The number of aryl methyl sites for hydroxylation is 2. The van der Waals surface area contributed by atoms with Gasteiger partial charge in [-0.15, -0.1) is 0 Å². The molecule has 0 N–H and O–H groups in total. The quantitative estimate of drug-likeness (QED) is 0.637. The first-order chi connectivity index (χ1) is 9.61. The summed E-state index contributed by atoms with van der Waals surface area (Å²) in [5.41, 5.74) is 3.69. The van der Waals surface area contributed by atoms with Crippen LogP contribution in [-0.2, 0) is 5.75 Å². The Kier molecular flexibility index (Phi) is 3.66. The summed E-state index contributed by atoms with van der Waals surface area (Å²) < 4.78 is 2.15. The fourth-order valence-corrected chi connectivity index (χ4v) is 3.41. The van der Waals surface area contributed by atoms with Gasteiger partial charge >= 0.3 is 0 Å². The molecule has 1 heterocycles. The van der Waals surface area contributed by atoms with E-state index in [-0.39, 0.29) is 5.56 Å². The molecule has 20 heavy (non-hydrogen) atoms. The lowest BCUT2D eigenvalue weighted by Crippen LogP contribution is -2.12. The maximum atomic E-state index is 11.5. The lowest BCUT2D eigenvalue weighted by Gasteiger charge is -2.10. The van der Waals surface area contributed by atoms with Gasteiger partial charge in [0.2, 0.25) is 0 Å². The molecule has 4 heteroatoms. The van der Waals surface area contributed by atoms with Crippen LogP contribution in [0.2, 0.25) is 0 Å². The monoisotopic (exact) mass is 286 g/mol. The lowest BCUT2D eigenvalue weighted by molar-refractivity contribution is 0.624. The molecule has 1 saturated carbocycles. The van der Waals surface area contributed by atoms with Crippen molar-refractivity contribution < 1.29 is 0 Å². The third-order valence-electron chi connectivity index (χ3n) is 3.39. The zero-order valence-corrected chi connectivity index (χ0v) is 12.6. The van der Waals surface area contributed by atoms with E-state index in [0.29, 0.717) is 6.04 Å². The molecule has 0 aliphatic heterocycles. The molecule has 0 saturated heterocycles. The predicted octanol–water partition coefficient (Wildman–Crippen LogP) is 3.49. The van der Waals surface area contributed by atoms with Gasteiger partial charge in [-0.05, 0) is 32.3 Å². The highest BCUT2D eigenvalue weighted by atomic mass is 32.2. The number of rotatable bonds is 4. The van der Waals surface area contributed by atoms with Crippen LogP contribution in [0.5, 0.6) is 0 Å². The van der Waals surface area contributed by atoms with Crippen molar-refractivity contribution in [2.24, 2.45) is 0 Å². The van der Waals surface area contributed by atoms with Crippen molar-refractivity contribution in [3.8, 4) is 0 Å². The third kappa shape index (κ3) is 3.12. The van der Waals surface area contributed by atoms with Gasteiger partial charge in [-0.2, -0.15) is 4.98 Å². The molecule has 2 aromatic rings. The second kappa shape index (κ2) is 5.44. The fourth-order valence-electron chi connectivity index (χ4n) is 2.43. The van der Waals surface area contributed by atoms with Crippen molar-refractivity contribution in [2.75, 3.05) is 0 Å². The normalized spacial score (nSPS) is 14.5. The highest BCUT2D eigenvalue weighted by molar-refractivity contribution is 7.98. The van der Waals surface area contributed by atoms with Crippen LogP contribution in [0.4, 0.5) is 0 Å². The summed E-state index contributed by atoms with van der Waals surface area (Å²) in [6, 6.07) is 8.67. The van der Waals surface area contributed by atoms with Gasteiger partial charge in [0.05, 0.1) is 0 Å². The standard InChI is InChI=1S/C16H18N2OS/c1-11-7-12(2)9-13(8-11)10-20-16-17-15(19)5-6-18(16)14-3-4-14/h5-9,14H,3-4,10H2,1-2H3. The van der Waals surface area contributed by atoms with Crippen molar-refractivity contribution in [3.05, 3.63) is 57.5 Å². The van der Waals surface area contributed by atoms with Crippen LogP contribution in [0.1, 0.15) is 35.6 Å². The molecule has 104 valence electrons. The summed E-state index contributed by atoms with van der Waals surface area (Å²) in [6.45, 7) is 4.23. The van der Waals surface area contributed by atoms with Crippen LogP contribution < -0.4 is 5.56 Å². The van der Waals surface area contributed by atoms with Crippen LogP contribution >= 0.6 is 11.8 Å². The molecule has 0 amide bonds. The van der Waals surface area contributed by atoms with E-state index in [1.54, 1.807) is 17.8 Å². The summed E-state index contributed by atoms with van der Waals surface area (Å²) in [5, 5.41) is 0.846. The molecule has 0 spiro atoms. The molecule has 0 unspecified atom stereocenters. The average Bonchev–Trinajstić information content (AvgIpc) is 3.19. The molecular formula is C16H18N2OS. The first-order valence-electron chi connectivity index (χ1n) is 6.91. The Morgan fingerprint density at radius 2 is 1.95 bits per heavy atom. The molecule has 1 aliphatic carbocycles. The fraction of sp³-hybridized carbons (Fsp3) is 0.375. The minimum atomic E-state index is -0.148. The van der Waals surface area contributed by atoms with Crippen LogP contribution in [0.25, 0.3) is 0 Å². The second-order valence-corrected chi connectivity index (χ2v) is 6.41. The molecule has 1 aliphatic rings. The Morgan fingerprint density at radius 3 is 2.60 bits per heavy atom. The van der Waals surface area contributed by atoms with Gasteiger partial charge in [0, 0.05) is 24.1 Å². The molecule has 0 radical (unpaired) electrons. The molecule has 0 bridgehead atoms. The van der Waals surface area contributed by atoms with Crippen LogP contribution in [-0.4, -0.2) is 9.55 Å². The van der Waals surface area contributed by atoms with E-state index >= 15 is 0 Å². The Hall–Kier alpha value is -1.55. The van der Waals surface area contributed by atoms with Crippen molar-refractivity contribution in [3.63, 3.8) is 0 Å². The zero-order valence-electron chi connectivity index (χ0n) is 11.8. The number of hydrogen-bond donors (Lipinski definition) is 0. The zero-order chi connectivity index (χ0) is 14.1. The topological polar surface area (TPSA) is 34.9 Å². The Labute approximate surface area is 123 Å². The number of hydrogen-bond acceptors (Lipinski definition) is 3. The smallest absolute Gasteiger partial charge is 0.273 e. The largest absolute Gasteiger partial charge is 0.324 e. The first-order valence-corrected chi connectivity index (χ1v) is 7.89. The molecule has 1 aromatic carbocycles. The first kappa shape index (κ1) is 13.4. The van der Waals surface area contributed by atoms with Crippen molar-refractivity contribution >= 4 is 11.8 Å². The summed E-state index contributed by atoms with van der Waals surface area (Å²) in [5.74, 6) is 0.853. The molecular weight excluding hydrogens is 268 g/mol. The van der Waals surface area contributed by atoms with Crippen molar-refractivity contribution in [2.45, 2.75) is 43.6 Å². The molecule has 3 nitrogen and oxygen atoms in total. The minimum absolute atomic E-state index is 0.148. The number of thioether (sulfide) groups is 1. The molecule has 0 atom stereocenters. The van der Waals surface area contributed by atoms with Gasteiger partial charge < -0.3 is 4.57 Å². The van der Waals surface area contributed by atoms with Crippen molar-refractivity contribution in [1.82, 2.24) is 9.55 Å². The highest BCUT2D eigenvalue weighted by Crippen LogP contribution is 2.37. The van der Waals surface area contributed by atoms with Gasteiger partial charge in [-0.3, -0.25) is 4.79 Å². The predicted molar refractivity (Wildman–Crippen MR) is 82.2 cm³/mol. The van der Waals surface area contributed by atoms with Gasteiger partial charge in [0.25, 0.3) is 5.56 Å². The maximum absolute atomic E-state index is 11.5. The minimum Gasteiger partial charge on any atom is -0.324 e. The second-order valence-electron chi connectivity index (χ2n) is 5.47. The summed E-state index contributed by atoms with van der Waals surface area (Å²) in [7, 11) is 0. The molecule has 3 rings (SSSR count). The van der Waals surface area contributed by atoms with Gasteiger partial charge in [0.1, 0.15) is 0 Å². The summed E-state index contributed by atoms with van der Waals surface area (Å²) in [4.78, 5) is 15.6. The number of aromatic nitrogens is 2. The SMILES string of the molecule is Cc1cc(C)cc(CSc2nc(=O)ccn2C2CC2)c1. The number of nitrogens with zero attached hydrogens (tertiary/aromatic N) is 2.